The van der Waals surface area contributed by atoms with Crippen LogP contribution in [0.15, 0.2) is 0 Å². The van der Waals surface area contributed by atoms with Crippen LogP contribution in [0.3, 0.4) is 0 Å². The molecule has 0 aliphatic carbocycles. The van der Waals surface area contributed by atoms with Gasteiger partial charge < -0.3 is 10.0 Å². The van der Waals surface area contributed by atoms with Gasteiger partial charge in [0.2, 0.25) is 5.91 Å². The molecule has 0 radical (unpaired) electrons. The molecule has 1 heterocycles. The molecule has 0 aromatic carbocycles. The highest BCUT2D eigenvalue weighted by Gasteiger charge is 2.48. The van der Waals surface area contributed by atoms with Crippen molar-refractivity contribution in [2.24, 2.45) is 5.92 Å². The van der Waals surface area contributed by atoms with Gasteiger partial charge in [-0.2, -0.15) is 12.6 Å². The Morgan fingerprint density at radius 1 is 1.62 bits per heavy atom. The van der Waals surface area contributed by atoms with Crippen LogP contribution in [0.1, 0.15) is 20.8 Å². The second-order valence-corrected chi connectivity index (χ2v) is 6.47. The summed E-state index contributed by atoms with van der Waals surface area (Å²) >= 11 is 5.57. The lowest BCUT2D eigenvalue weighted by Gasteiger charge is -2.29. The van der Waals surface area contributed by atoms with Crippen LogP contribution < -0.4 is 0 Å². The van der Waals surface area contributed by atoms with Gasteiger partial charge >= 0.3 is 5.97 Å². The number of thioether (sulfide) groups is 1. The van der Waals surface area contributed by atoms with Gasteiger partial charge in [-0.15, -0.1) is 11.8 Å². The quantitative estimate of drug-likeness (QED) is 0.754. The maximum Gasteiger partial charge on any atom is 0.327 e. The second kappa shape index (κ2) is 4.87. The number of aliphatic carboxylic acids is 1. The minimum absolute atomic E-state index is 0.125. The first-order chi connectivity index (χ1) is 7.31. The van der Waals surface area contributed by atoms with E-state index in [4.69, 9.17) is 0 Å². The van der Waals surface area contributed by atoms with Crippen molar-refractivity contribution in [1.29, 1.82) is 0 Å². The fourth-order valence-electron chi connectivity index (χ4n) is 1.75. The molecular weight excluding hydrogens is 246 g/mol. The largest absolute Gasteiger partial charge is 0.480 e. The van der Waals surface area contributed by atoms with Crippen LogP contribution in [0.25, 0.3) is 0 Å². The monoisotopic (exact) mass is 263 g/mol. The maximum atomic E-state index is 12.0. The second-order valence-electron chi connectivity index (χ2n) is 4.51. The van der Waals surface area contributed by atoms with E-state index in [1.807, 2.05) is 13.8 Å². The number of carbonyl (C=O) groups excluding carboxylic acids is 1. The molecule has 2 atom stereocenters. The number of hydrogen-bond acceptors (Lipinski definition) is 4. The Balaban J connectivity index is 2.90. The Kier molecular flexibility index (Phi) is 4.17. The molecule has 0 bridgehead atoms. The lowest BCUT2D eigenvalue weighted by Crippen LogP contribution is -2.50. The molecule has 1 amide bonds. The molecule has 1 aliphatic heterocycles. The van der Waals surface area contributed by atoms with E-state index in [-0.39, 0.29) is 11.8 Å². The van der Waals surface area contributed by atoms with Gasteiger partial charge in [0.25, 0.3) is 0 Å². The van der Waals surface area contributed by atoms with Crippen LogP contribution in [-0.2, 0) is 9.59 Å². The zero-order valence-corrected chi connectivity index (χ0v) is 11.3. The smallest absolute Gasteiger partial charge is 0.327 e. The number of thiol groups is 1. The van der Waals surface area contributed by atoms with Crippen molar-refractivity contribution in [3.05, 3.63) is 0 Å². The van der Waals surface area contributed by atoms with Crippen LogP contribution >= 0.6 is 24.4 Å². The van der Waals surface area contributed by atoms with E-state index in [2.05, 4.69) is 12.6 Å². The normalized spacial score (nSPS) is 25.5. The molecule has 1 saturated heterocycles. The predicted molar refractivity (Wildman–Crippen MR) is 67.8 cm³/mol. The van der Waals surface area contributed by atoms with Crippen LogP contribution in [0.5, 0.6) is 0 Å². The summed E-state index contributed by atoms with van der Waals surface area (Å²) in [5.41, 5.74) is 0. The van der Waals surface area contributed by atoms with Crippen molar-refractivity contribution >= 4 is 36.3 Å². The van der Waals surface area contributed by atoms with Crippen molar-refractivity contribution in [3.63, 3.8) is 0 Å². The van der Waals surface area contributed by atoms with Gasteiger partial charge in [-0.05, 0) is 13.8 Å². The fraction of sp³-hybridized carbons (Fsp3) is 0.800. The van der Waals surface area contributed by atoms with Gasteiger partial charge in [0.1, 0.15) is 6.04 Å². The van der Waals surface area contributed by atoms with Gasteiger partial charge in [0, 0.05) is 16.4 Å². The summed E-state index contributed by atoms with van der Waals surface area (Å²) in [6.07, 6.45) is 0. The number of carboxylic acid groups (broad SMARTS) is 1. The summed E-state index contributed by atoms with van der Waals surface area (Å²) in [5, 5.41) is 9.20. The van der Waals surface area contributed by atoms with Gasteiger partial charge in [-0.3, -0.25) is 4.79 Å². The average molecular weight is 263 g/mol. The third-order valence-corrected chi connectivity index (χ3v) is 4.68. The molecule has 1 rings (SSSR count). The number of amides is 1. The van der Waals surface area contributed by atoms with Gasteiger partial charge in [0.15, 0.2) is 0 Å². The Labute approximate surface area is 105 Å². The summed E-state index contributed by atoms with van der Waals surface area (Å²) in [7, 11) is 0. The average Bonchev–Trinajstić information content (AvgIpc) is 2.51. The van der Waals surface area contributed by atoms with Crippen LogP contribution in [-0.4, -0.2) is 44.3 Å². The number of hydrogen-bond donors (Lipinski definition) is 2. The van der Waals surface area contributed by atoms with E-state index >= 15 is 0 Å². The first kappa shape index (κ1) is 13.7. The Bertz CT molecular complexity index is 306. The molecule has 0 aromatic heterocycles. The molecule has 1 aliphatic rings. The highest BCUT2D eigenvalue weighted by Crippen LogP contribution is 2.39. The molecular formula is C10H17NO3S2. The van der Waals surface area contributed by atoms with Crippen molar-refractivity contribution in [2.45, 2.75) is 31.6 Å². The summed E-state index contributed by atoms with van der Waals surface area (Å²) in [6, 6.07) is -0.743. The highest BCUT2D eigenvalue weighted by atomic mass is 32.2. The van der Waals surface area contributed by atoms with Crippen molar-refractivity contribution in [1.82, 2.24) is 4.90 Å². The number of carboxylic acids is 1. The van der Waals surface area contributed by atoms with E-state index in [0.717, 1.165) is 0 Å². The van der Waals surface area contributed by atoms with Gasteiger partial charge in [-0.25, -0.2) is 4.79 Å². The molecule has 0 saturated carbocycles. The van der Waals surface area contributed by atoms with Gasteiger partial charge in [0.05, 0.1) is 5.88 Å². The van der Waals surface area contributed by atoms with Crippen LogP contribution in [0.4, 0.5) is 0 Å². The minimum Gasteiger partial charge on any atom is -0.480 e. The van der Waals surface area contributed by atoms with E-state index in [0.29, 0.717) is 11.6 Å². The Morgan fingerprint density at radius 2 is 2.19 bits per heavy atom. The standard InChI is InChI=1S/C10H17NO3S2/c1-6(4-15)8(12)11-5-16-10(2,3)7(11)9(13)14/h6-7,15H,4-5H2,1-3H3,(H,13,14)/t6?,7-/m0/s1. The molecule has 16 heavy (non-hydrogen) atoms. The topological polar surface area (TPSA) is 57.6 Å². The third kappa shape index (κ3) is 2.48. The predicted octanol–water partition coefficient (Wildman–Crippen LogP) is 1.32. The Hall–Kier alpha value is -0.360. The summed E-state index contributed by atoms with van der Waals surface area (Å²) in [6.45, 7) is 5.48. The van der Waals surface area contributed by atoms with E-state index in [1.165, 1.54) is 16.7 Å². The maximum absolute atomic E-state index is 12.0. The molecule has 0 spiro atoms. The molecule has 0 aromatic rings. The van der Waals surface area contributed by atoms with Gasteiger partial charge in [-0.1, -0.05) is 6.92 Å². The lowest BCUT2D eigenvalue weighted by molar-refractivity contribution is -0.150. The molecule has 1 N–H and O–H groups in total. The van der Waals surface area contributed by atoms with Crippen LogP contribution in [0.2, 0.25) is 0 Å². The fourth-order valence-corrected chi connectivity index (χ4v) is 3.04. The van der Waals surface area contributed by atoms with Crippen molar-refractivity contribution in [3.8, 4) is 0 Å². The Morgan fingerprint density at radius 3 is 2.62 bits per heavy atom. The summed E-state index contributed by atoms with van der Waals surface area (Å²) < 4.78 is -0.433. The minimum atomic E-state index is -0.935. The zero-order chi connectivity index (χ0) is 12.5. The van der Waals surface area contributed by atoms with Crippen molar-refractivity contribution in [2.75, 3.05) is 11.6 Å². The molecule has 4 nitrogen and oxygen atoms in total. The zero-order valence-electron chi connectivity index (χ0n) is 9.64. The first-order valence-electron chi connectivity index (χ1n) is 5.09. The molecule has 92 valence electrons. The summed E-state index contributed by atoms with van der Waals surface area (Å²) in [5.74, 6) is -0.414. The van der Waals surface area contributed by atoms with E-state index in [9.17, 15) is 14.7 Å². The molecule has 1 unspecified atom stereocenters. The summed E-state index contributed by atoms with van der Waals surface area (Å²) in [4.78, 5) is 24.6. The highest BCUT2D eigenvalue weighted by molar-refractivity contribution is 8.00. The van der Waals surface area contributed by atoms with Crippen molar-refractivity contribution < 1.29 is 14.7 Å². The molecule has 6 heteroatoms. The number of rotatable bonds is 3. The SMILES string of the molecule is CC(CS)C(=O)N1CSC(C)(C)[C@@H]1C(=O)O. The number of nitrogens with zero attached hydrogens (tertiary/aromatic N) is 1. The number of carbonyl (C=O) groups is 2. The van der Waals surface area contributed by atoms with Crippen LogP contribution in [0, 0.1) is 5.92 Å². The van der Waals surface area contributed by atoms with E-state index in [1.54, 1.807) is 6.92 Å². The third-order valence-electron chi connectivity index (χ3n) is 2.76. The first-order valence-corrected chi connectivity index (χ1v) is 6.71. The van der Waals surface area contributed by atoms with E-state index < -0.39 is 16.8 Å². The molecule has 1 fully saturated rings. The lowest BCUT2D eigenvalue weighted by atomic mass is 10.0.